The van der Waals surface area contributed by atoms with Crippen molar-refractivity contribution in [3.05, 3.63) is 60.8 Å². The summed E-state index contributed by atoms with van der Waals surface area (Å²) in [5.74, 6) is -1.16. The second kappa shape index (κ2) is 34.3. The van der Waals surface area contributed by atoms with E-state index in [0.29, 0.717) is 19.3 Å². The molecule has 0 aromatic heterocycles. The average Bonchev–Trinajstić information content (AvgIpc) is 3.20. The van der Waals surface area contributed by atoms with Gasteiger partial charge in [-0.25, -0.2) is 4.57 Å². The third kappa shape index (κ3) is 26.6. The maximum Gasteiger partial charge on any atom is 0.472 e. The largest absolute Gasteiger partial charge is 0.472 e. The first-order valence-corrected chi connectivity index (χ1v) is 23.1. The number of ether oxygens (including phenoxy) is 2. The number of carbonyl (C=O) groups is 2. The molecule has 0 aliphatic heterocycles. The van der Waals surface area contributed by atoms with Gasteiger partial charge in [-0.05, 0) is 77.0 Å². The van der Waals surface area contributed by atoms with Crippen molar-refractivity contribution >= 4 is 19.8 Å². The van der Waals surface area contributed by atoms with Crippen molar-refractivity contribution in [2.24, 2.45) is 0 Å². The molecule has 58 heavy (non-hydrogen) atoms. The predicted molar refractivity (Wildman–Crippen MR) is 226 cm³/mol. The highest BCUT2D eigenvalue weighted by Gasteiger charge is 2.51. The van der Waals surface area contributed by atoms with E-state index < -0.39 is 75.7 Å². The average molecular weight is 843 g/mol. The Morgan fingerprint density at radius 1 is 0.552 bits per heavy atom. The van der Waals surface area contributed by atoms with Crippen LogP contribution in [0.1, 0.15) is 149 Å². The maximum absolute atomic E-state index is 12.8. The standard InChI is InChI=1S/C44H75O13P/c1-3-5-7-9-11-13-15-17-19-21-23-25-27-29-31-33-38(46)56-36(35-55-58(52,53)57-44-42(50)40(48)39(47)41(49)43(44)51)34-54-37(45)32-30-28-26-24-22-20-18-16-14-12-10-8-6-4-2/h5,7,11,13,16-19,23,25,36,39-44,47-51H,3-4,6,8-10,12,14-15,20-22,24,26-35H2,1-2H3,(H,52,53)/b7-5-,13-11-,18-16-,19-17-,25-23-/t36-,39?,40-,41?,42?,43?,44?/m1/s1. The fourth-order valence-electron chi connectivity index (χ4n) is 6.09. The Balaban J connectivity index is 2.54. The monoisotopic (exact) mass is 842 g/mol. The molecule has 0 amide bonds. The molecule has 0 spiro atoms. The number of aliphatic hydroxyl groups excluding tert-OH is 5. The molecule has 1 saturated carbocycles. The fourth-order valence-corrected chi connectivity index (χ4v) is 7.07. The molecule has 0 aromatic rings. The van der Waals surface area contributed by atoms with Crippen LogP contribution in [0, 0.1) is 0 Å². The van der Waals surface area contributed by atoms with Crippen LogP contribution in [-0.2, 0) is 32.7 Å². The summed E-state index contributed by atoms with van der Waals surface area (Å²) in [6.45, 7) is 3.11. The van der Waals surface area contributed by atoms with E-state index in [2.05, 4.69) is 68.5 Å². The number of phosphoric acid groups is 1. The Bertz CT molecular complexity index is 1250. The van der Waals surface area contributed by atoms with Crippen LogP contribution in [0.5, 0.6) is 0 Å². The molecule has 8 atom stereocenters. The molecular formula is C44H75O13P. The molecule has 14 heteroatoms. The first-order valence-electron chi connectivity index (χ1n) is 21.6. The third-order valence-electron chi connectivity index (χ3n) is 9.59. The second-order valence-corrected chi connectivity index (χ2v) is 16.2. The summed E-state index contributed by atoms with van der Waals surface area (Å²) < 4.78 is 33.4. The molecule has 0 heterocycles. The molecule has 0 saturated heterocycles. The molecule has 13 nitrogen and oxygen atoms in total. The summed E-state index contributed by atoms with van der Waals surface area (Å²) in [5.41, 5.74) is 0. The van der Waals surface area contributed by atoms with Crippen LogP contribution in [0.3, 0.4) is 0 Å². The Kier molecular flexibility index (Phi) is 31.7. The van der Waals surface area contributed by atoms with Crippen LogP contribution in [0.15, 0.2) is 60.8 Å². The first-order chi connectivity index (χ1) is 27.9. The lowest BCUT2D eigenvalue weighted by molar-refractivity contribution is -0.220. The molecule has 1 rings (SSSR count). The van der Waals surface area contributed by atoms with Gasteiger partial charge in [0, 0.05) is 12.8 Å². The lowest BCUT2D eigenvalue weighted by Gasteiger charge is -2.41. The molecule has 1 aliphatic carbocycles. The van der Waals surface area contributed by atoms with Crippen molar-refractivity contribution in [2.45, 2.75) is 191 Å². The highest BCUT2D eigenvalue weighted by atomic mass is 31.2. The minimum absolute atomic E-state index is 0.0403. The van der Waals surface area contributed by atoms with Gasteiger partial charge in [0.1, 0.15) is 43.2 Å². The topological polar surface area (TPSA) is 210 Å². The molecule has 0 radical (unpaired) electrons. The van der Waals surface area contributed by atoms with Crippen LogP contribution in [-0.4, -0.2) is 98.3 Å². The van der Waals surface area contributed by atoms with Gasteiger partial charge in [-0.15, -0.1) is 0 Å². The van der Waals surface area contributed by atoms with E-state index >= 15 is 0 Å². The summed E-state index contributed by atoms with van der Waals surface area (Å²) in [5, 5.41) is 50.0. The van der Waals surface area contributed by atoms with E-state index in [1.807, 2.05) is 6.08 Å². The quantitative estimate of drug-likeness (QED) is 0.0159. The molecule has 334 valence electrons. The summed E-state index contributed by atoms with van der Waals surface area (Å²) in [4.78, 5) is 35.6. The van der Waals surface area contributed by atoms with Gasteiger partial charge in [-0.3, -0.25) is 18.6 Å². The van der Waals surface area contributed by atoms with Gasteiger partial charge < -0.3 is 39.9 Å². The summed E-state index contributed by atoms with van der Waals surface area (Å²) in [6, 6.07) is 0. The number of allylic oxidation sites excluding steroid dienone is 10. The molecule has 1 aliphatic rings. The van der Waals surface area contributed by atoms with Gasteiger partial charge in [0.25, 0.3) is 0 Å². The summed E-state index contributed by atoms with van der Waals surface area (Å²) >= 11 is 0. The van der Waals surface area contributed by atoms with E-state index in [1.165, 1.54) is 32.1 Å². The minimum atomic E-state index is -5.13. The highest BCUT2D eigenvalue weighted by Crippen LogP contribution is 2.47. The van der Waals surface area contributed by atoms with Crippen LogP contribution >= 0.6 is 7.82 Å². The number of rotatable bonds is 34. The third-order valence-corrected chi connectivity index (χ3v) is 10.6. The zero-order chi connectivity index (χ0) is 42.9. The van der Waals surface area contributed by atoms with Crippen molar-refractivity contribution in [1.29, 1.82) is 0 Å². The molecule has 0 aromatic carbocycles. The Labute approximate surface area is 347 Å². The predicted octanol–water partition coefficient (Wildman–Crippen LogP) is 7.77. The molecule has 0 bridgehead atoms. The first kappa shape index (κ1) is 53.6. The number of phosphoric ester groups is 1. The second-order valence-electron chi connectivity index (χ2n) is 14.8. The Morgan fingerprint density at radius 2 is 0.983 bits per heavy atom. The fraction of sp³-hybridized carbons (Fsp3) is 0.727. The van der Waals surface area contributed by atoms with Crippen molar-refractivity contribution in [3.63, 3.8) is 0 Å². The van der Waals surface area contributed by atoms with Gasteiger partial charge >= 0.3 is 19.8 Å². The number of carbonyl (C=O) groups excluding carboxylic acids is 2. The van der Waals surface area contributed by atoms with Crippen molar-refractivity contribution < 1.29 is 63.1 Å². The van der Waals surface area contributed by atoms with Crippen molar-refractivity contribution in [2.75, 3.05) is 13.2 Å². The lowest BCUT2D eigenvalue weighted by Crippen LogP contribution is -2.64. The zero-order valence-electron chi connectivity index (χ0n) is 35.1. The Morgan fingerprint density at radius 3 is 1.55 bits per heavy atom. The highest BCUT2D eigenvalue weighted by molar-refractivity contribution is 7.47. The zero-order valence-corrected chi connectivity index (χ0v) is 36.0. The number of unbranched alkanes of at least 4 members (excludes halogenated alkanes) is 12. The van der Waals surface area contributed by atoms with Crippen LogP contribution in [0.4, 0.5) is 0 Å². The van der Waals surface area contributed by atoms with Crippen LogP contribution in [0.2, 0.25) is 0 Å². The summed E-state index contributed by atoms with van der Waals surface area (Å²) in [6.07, 6.45) is 27.1. The van der Waals surface area contributed by atoms with Crippen LogP contribution < -0.4 is 0 Å². The summed E-state index contributed by atoms with van der Waals surface area (Å²) in [7, 11) is -5.13. The lowest BCUT2D eigenvalue weighted by atomic mass is 9.85. The minimum Gasteiger partial charge on any atom is -0.462 e. The molecular weight excluding hydrogens is 767 g/mol. The smallest absolute Gasteiger partial charge is 0.462 e. The van der Waals surface area contributed by atoms with Gasteiger partial charge in [0.2, 0.25) is 0 Å². The van der Waals surface area contributed by atoms with E-state index in [9.17, 15) is 44.6 Å². The molecule has 6 unspecified atom stereocenters. The normalized spacial score (nSPS) is 23.1. The van der Waals surface area contributed by atoms with Gasteiger partial charge in [0.05, 0.1) is 6.61 Å². The SMILES string of the molecule is CC/C=C\C/C=C\C/C=C\C/C=C\CCCCC(=O)O[C@H](COC(=O)CCCCCCC/C=C\CCCCCCC)COP(=O)(O)OC1C(O)C(O)C(O)[C@@H](O)C1O. The van der Waals surface area contributed by atoms with E-state index in [1.54, 1.807) is 0 Å². The van der Waals surface area contributed by atoms with Gasteiger partial charge in [-0.1, -0.05) is 120 Å². The number of hydrogen-bond acceptors (Lipinski definition) is 12. The number of hydrogen-bond donors (Lipinski definition) is 6. The van der Waals surface area contributed by atoms with Gasteiger partial charge in [0.15, 0.2) is 6.10 Å². The van der Waals surface area contributed by atoms with Gasteiger partial charge in [-0.2, -0.15) is 0 Å². The van der Waals surface area contributed by atoms with Crippen molar-refractivity contribution in [1.82, 2.24) is 0 Å². The van der Waals surface area contributed by atoms with Crippen molar-refractivity contribution in [3.8, 4) is 0 Å². The number of esters is 2. The van der Waals surface area contributed by atoms with Crippen LogP contribution in [0.25, 0.3) is 0 Å². The Hall–Kier alpha value is -2.45. The maximum atomic E-state index is 12.8. The molecule has 6 N–H and O–H groups in total. The van der Waals surface area contributed by atoms with E-state index in [4.69, 9.17) is 18.5 Å². The van der Waals surface area contributed by atoms with E-state index in [-0.39, 0.29) is 12.8 Å². The molecule has 1 fully saturated rings. The number of aliphatic hydroxyl groups is 5. The van der Waals surface area contributed by atoms with E-state index in [0.717, 1.165) is 70.6 Å².